The van der Waals surface area contributed by atoms with Gasteiger partial charge in [0.25, 0.3) is 0 Å². The first-order valence-electron chi connectivity index (χ1n) is 6.33. The second kappa shape index (κ2) is 7.26. The van der Waals surface area contributed by atoms with Gasteiger partial charge in [-0.05, 0) is 42.2 Å². The molecule has 0 aliphatic heterocycles. The van der Waals surface area contributed by atoms with E-state index in [9.17, 15) is 0 Å². The van der Waals surface area contributed by atoms with Crippen LogP contribution in [0.5, 0.6) is 0 Å². The molecule has 0 saturated carbocycles. The van der Waals surface area contributed by atoms with Crippen LogP contribution in [0.3, 0.4) is 0 Å². The molecule has 104 valence electrons. The molecule has 2 atom stereocenters. The fraction of sp³-hybridized carbons (Fsp3) is 0.769. The average molecular weight is 318 g/mol. The summed E-state index contributed by atoms with van der Waals surface area (Å²) in [6.45, 7) is 5.05. The Morgan fingerprint density at radius 3 is 2.61 bits per heavy atom. The van der Waals surface area contributed by atoms with E-state index in [2.05, 4.69) is 33.3 Å². The second-order valence-electron chi connectivity index (χ2n) is 4.96. The van der Waals surface area contributed by atoms with Crippen LogP contribution in [0.25, 0.3) is 0 Å². The Labute approximate surface area is 118 Å². The van der Waals surface area contributed by atoms with Crippen molar-refractivity contribution < 1.29 is 4.74 Å². The summed E-state index contributed by atoms with van der Waals surface area (Å²) < 4.78 is 8.29. The molecule has 0 spiro atoms. The third kappa shape index (κ3) is 4.07. The van der Waals surface area contributed by atoms with Crippen molar-refractivity contribution in [1.82, 2.24) is 15.1 Å². The highest BCUT2D eigenvalue weighted by molar-refractivity contribution is 9.10. The molecule has 0 aliphatic carbocycles. The minimum atomic E-state index is 0.446. The number of nitrogens with one attached hydrogen (secondary N) is 1. The lowest BCUT2D eigenvalue weighted by atomic mass is 9.99. The van der Waals surface area contributed by atoms with E-state index in [-0.39, 0.29) is 0 Å². The molecule has 18 heavy (non-hydrogen) atoms. The van der Waals surface area contributed by atoms with Gasteiger partial charge >= 0.3 is 0 Å². The summed E-state index contributed by atoms with van der Waals surface area (Å²) in [6, 6.07) is 0.446. The van der Waals surface area contributed by atoms with Gasteiger partial charge in [0.2, 0.25) is 0 Å². The molecule has 1 heterocycles. The van der Waals surface area contributed by atoms with Crippen LogP contribution in [-0.2, 0) is 18.2 Å². The average Bonchev–Trinajstić information content (AvgIpc) is 2.55. The van der Waals surface area contributed by atoms with E-state index in [0.717, 1.165) is 29.6 Å². The largest absolute Gasteiger partial charge is 0.384 e. The van der Waals surface area contributed by atoms with Gasteiger partial charge in [-0.25, -0.2) is 0 Å². The van der Waals surface area contributed by atoms with Crippen molar-refractivity contribution in [3.05, 3.63) is 15.9 Å². The molecular formula is C13H24BrN3O. The number of methoxy groups -OCH3 is 1. The lowest BCUT2D eigenvalue weighted by Crippen LogP contribution is -2.31. The number of aromatic nitrogens is 2. The van der Waals surface area contributed by atoms with E-state index in [0.29, 0.717) is 12.0 Å². The minimum Gasteiger partial charge on any atom is -0.384 e. The van der Waals surface area contributed by atoms with Crippen molar-refractivity contribution >= 4 is 15.9 Å². The summed E-state index contributed by atoms with van der Waals surface area (Å²) in [4.78, 5) is 0. The molecule has 0 aliphatic rings. The SMILES string of the molecule is CNC(Cc1c(Br)c(C)nn1C)CC(C)COC. The molecule has 2 unspecified atom stereocenters. The molecule has 1 rings (SSSR count). The van der Waals surface area contributed by atoms with Crippen LogP contribution in [0.2, 0.25) is 0 Å². The van der Waals surface area contributed by atoms with Gasteiger partial charge in [-0.15, -0.1) is 0 Å². The zero-order valence-electron chi connectivity index (χ0n) is 12.0. The molecule has 0 radical (unpaired) electrons. The van der Waals surface area contributed by atoms with Gasteiger partial charge < -0.3 is 10.1 Å². The Bertz CT molecular complexity index is 379. The van der Waals surface area contributed by atoms with Crippen molar-refractivity contribution in [2.45, 2.75) is 32.7 Å². The third-order valence-corrected chi connectivity index (χ3v) is 4.28. The quantitative estimate of drug-likeness (QED) is 0.838. The molecule has 4 nitrogen and oxygen atoms in total. The summed E-state index contributed by atoms with van der Waals surface area (Å²) in [7, 11) is 5.77. The number of hydrogen-bond acceptors (Lipinski definition) is 3. The standard InChI is InChI=1S/C13H24BrN3O/c1-9(8-18-5)6-11(15-3)7-12-13(14)10(2)16-17(12)4/h9,11,15H,6-8H2,1-5H3. The van der Waals surface area contributed by atoms with E-state index >= 15 is 0 Å². The zero-order chi connectivity index (χ0) is 13.7. The number of rotatable bonds is 7. The number of likely N-dealkylation sites (N-methyl/N-ethyl adjacent to an activating group) is 1. The first kappa shape index (κ1) is 15.7. The molecule has 0 fully saturated rings. The van der Waals surface area contributed by atoms with Crippen LogP contribution in [0.4, 0.5) is 0 Å². The van der Waals surface area contributed by atoms with Crippen molar-refractivity contribution in [1.29, 1.82) is 0 Å². The van der Waals surface area contributed by atoms with E-state index < -0.39 is 0 Å². The van der Waals surface area contributed by atoms with Gasteiger partial charge in [0.05, 0.1) is 15.9 Å². The highest BCUT2D eigenvalue weighted by Gasteiger charge is 2.17. The Kier molecular flexibility index (Phi) is 6.32. The van der Waals surface area contributed by atoms with E-state index in [1.54, 1.807) is 7.11 Å². The van der Waals surface area contributed by atoms with Gasteiger partial charge in [0, 0.05) is 33.2 Å². The molecule has 5 heteroatoms. The summed E-state index contributed by atoms with van der Waals surface area (Å²) in [5.74, 6) is 0.556. The van der Waals surface area contributed by atoms with Gasteiger partial charge in [-0.1, -0.05) is 6.92 Å². The van der Waals surface area contributed by atoms with Gasteiger partial charge in [0.1, 0.15) is 0 Å². The maximum Gasteiger partial charge on any atom is 0.0738 e. The molecule has 0 amide bonds. The minimum absolute atomic E-state index is 0.446. The maximum absolute atomic E-state index is 5.20. The fourth-order valence-electron chi connectivity index (χ4n) is 2.28. The van der Waals surface area contributed by atoms with Crippen LogP contribution >= 0.6 is 15.9 Å². The Hall–Kier alpha value is -0.390. The van der Waals surface area contributed by atoms with Crippen LogP contribution < -0.4 is 5.32 Å². The third-order valence-electron chi connectivity index (χ3n) is 3.25. The smallest absolute Gasteiger partial charge is 0.0738 e. The van der Waals surface area contributed by atoms with Crippen LogP contribution in [0, 0.1) is 12.8 Å². The molecule has 1 aromatic heterocycles. The molecular weight excluding hydrogens is 294 g/mol. The van der Waals surface area contributed by atoms with Crippen molar-refractivity contribution in [3.8, 4) is 0 Å². The van der Waals surface area contributed by atoms with Crippen LogP contribution in [-0.4, -0.2) is 36.6 Å². The summed E-state index contributed by atoms with van der Waals surface area (Å²) in [5.41, 5.74) is 2.30. The fourth-order valence-corrected chi connectivity index (χ4v) is 2.77. The number of ether oxygens (including phenoxy) is 1. The van der Waals surface area contributed by atoms with Crippen molar-refractivity contribution in [2.75, 3.05) is 20.8 Å². The van der Waals surface area contributed by atoms with Gasteiger partial charge in [-0.2, -0.15) is 5.10 Å². The van der Waals surface area contributed by atoms with E-state index in [1.165, 1.54) is 5.69 Å². The number of halogens is 1. The molecule has 1 N–H and O–H groups in total. The highest BCUT2D eigenvalue weighted by Crippen LogP contribution is 2.22. The van der Waals surface area contributed by atoms with Gasteiger partial charge in [-0.3, -0.25) is 4.68 Å². The van der Waals surface area contributed by atoms with E-state index in [4.69, 9.17) is 4.74 Å². The van der Waals surface area contributed by atoms with Gasteiger partial charge in [0.15, 0.2) is 0 Å². The van der Waals surface area contributed by atoms with Crippen LogP contribution in [0.1, 0.15) is 24.7 Å². The Morgan fingerprint density at radius 1 is 1.50 bits per heavy atom. The van der Waals surface area contributed by atoms with Crippen molar-refractivity contribution in [3.63, 3.8) is 0 Å². The highest BCUT2D eigenvalue weighted by atomic mass is 79.9. The molecule has 1 aromatic rings. The summed E-state index contributed by atoms with van der Waals surface area (Å²) in [5, 5.41) is 7.82. The first-order chi connectivity index (χ1) is 8.49. The number of hydrogen-bond donors (Lipinski definition) is 1. The second-order valence-corrected chi connectivity index (χ2v) is 5.75. The first-order valence-corrected chi connectivity index (χ1v) is 7.13. The topological polar surface area (TPSA) is 39.1 Å². The number of nitrogens with zero attached hydrogens (tertiary/aromatic N) is 2. The molecule has 0 aromatic carbocycles. The van der Waals surface area contributed by atoms with Crippen LogP contribution in [0.15, 0.2) is 4.47 Å². The normalized spacial score (nSPS) is 14.8. The van der Waals surface area contributed by atoms with E-state index in [1.807, 2.05) is 25.7 Å². The number of aryl methyl sites for hydroxylation is 2. The lowest BCUT2D eigenvalue weighted by molar-refractivity contribution is 0.149. The van der Waals surface area contributed by atoms with Crippen molar-refractivity contribution in [2.24, 2.45) is 13.0 Å². The zero-order valence-corrected chi connectivity index (χ0v) is 13.5. The Balaban J connectivity index is 2.68. The Morgan fingerprint density at radius 2 is 2.17 bits per heavy atom. The lowest BCUT2D eigenvalue weighted by Gasteiger charge is -2.20. The molecule has 0 saturated heterocycles. The monoisotopic (exact) mass is 317 g/mol. The predicted octanol–water partition coefficient (Wildman–Crippen LogP) is 2.29. The maximum atomic E-state index is 5.20. The molecule has 0 bridgehead atoms. The summed E-state index contributed by atoms with van der Waals surface area (Å²) in [6.07, 6.45) is 2.07. The summed E-state index contributed by atoms with van der Waals surface area (Å²) >= 11 is 3.62. The predicted molar refractivity (Wildman–Crippen MR) is 77.9 cm³/mol.